The predicted octanol–water partition coefficient (Wildman–Crippen LogP) is 4.48. The van der Waals surface area contributed by atoms with Crippen molar-refractivity contribution in [2.45, 2.75) is 17.6 Å². The second kappa shape index (κ2) is 6.69. The quantitative estimate of drug-likeness (QED) is 0.676. The van der Waals surface area contributed by atoms with Gasteiger partial charge >= 0.3 is 6.18 Å². The molecule has 0 bridgehead atoms. The molecule has 26 heavy (non-hydrogen) atoms. The minimum Gasteiger partial charge on any atom is -0.207 e. The van der Waals surface area contributed by atoms with E-state index in [0.29, 0.717) is 29.0 Å². The van der Waals surface area contributed by atoms with Crippen LogP contribution in [0.1, 0.15) is 11.1 Å². The summed E-state index contributed by atoms with van der Waals surface area (Å²) >= 11 is 0. The molecular formula is C18H13F4NO2S. The van der Waals surface area contributed by atoms with E-state index in [9.17, 15) is 26.0 Å². The molecule has 0 saturated heterocycles. The van der Waals surface area contributed by atoms with Crippen LogP contribution in [0, 0.1) is 5.82 Å². The van der Waals surface area contributed by atoms with Crippen LogP contribution in [0.25, 0.3) is 10.8 Å². The zero-order chi connectivity index (χ0) is 18.9. The Labute approximate surface area is 147 Å². The molecule has 0 amide bonds. The van der Waals surface area contributed by atoms with Crippen LogP contribution >= 0.6 is 0 Å². The summed E-state index contributed by atoms with van der Waals surface area (Å²) in [5.74, 6) is -0.918. The molecule has 0 unspecified atom stereocenters. The largest absolute Gasteiger partial charge is 0.416 e. The Morgan fingerprint density at radius 1 is 0.923 bits per heavy atom. The molecule has 0 aromatic heterocycles. The minimum absolute atomic E-state index is 0.0250. The van der Waals surface area contributed by atoms with E-state index in [1.54, 1.807) is 36.4 Å². The average molecular weight is 383 g/mol. The van der Waals surface area contributed by atoms with Crippen LogP contribution in [0.4, 0.5) is 17.6 Å². The summed E-state index contributed by atoms with van der Waals surface area (Å²) in [6.07, 6.45) is -4.64. The first-order chi connectivity index (χ1) is 12.2. The number of halogens is 4. The molecule has 3 rings (SSSR count). The predicted molar refractivity (Wildman–Crippen MR) is 89.4 cm³/mol. The van der Waals surface area contributed by atoms with Gasteiger partial charge in [-0.3, -0.25) is 0 Å². The number of nitrogens with one attached hydrogen (secondary N) is 1. The lowest BCUT2D eigenvalue weighted by atomic mass is 10.1. The molecule has 3 nitrogen and oxygen atoms in total. The summed E-state index contributed by atoms with van der Waals surface area (Å²) in [7, 11) is -4.05. The van der Waals surface area contributed by atoms with E-state index in [1.165, 1.54) is 6.07 Å². The summed E-state index contributed by atoms with van der Waals surface area (Å²) < 4.78 is 79.3. The van der Waals surface area contributed by atoms with Crippen LogP contribution in [0.5, 0.6) is 0 Å². The van der Waals surface area contributed by atoms with Gasteiger partial charge in [-0.1, -0.05) is 36.4 Å². The van der Waals surface area contributed by atoms with Gasteiger partial charge in [-0.05, 0) is 29.7 Å². The van der Waals surface area contributed by atoms with Gasteiger partial charge in [-0.2, -0.15) is 13.2 Å². The fourth-order valence-corrected chi connectivity index (χ4v) is 3.80. The van der Waals surface area contributed by atoms with Gasteiger partial charge in [0.25, 0.3) is 0 Å². The molecule has 136 valence electrons. The molecule has 0 saturated carbocycles. The summed E-state index contributed by atoms with van der Waals surface area (Å²) in [6.45, 7) is -0.596. The third-order valence-electron chi connectivity index (χ3n) is 3.86. The van der Waals surface area contributed by atoms with Gasteiger partial charge in [-0.15, -0.1) is 0 Å². The van der Waals surface area contributed by atoms with E-state index in [0.717, 1.165) is 0 Å². The van der Waals surface area contributed by atoms with Crippen molar-refractivity contribution in [2.24, 2.45) is 0 Å². The van der Waals surface area contributed by atoms with Crippen molar-refractivity contribution in [3.63, 3.8) is 0 Å². The number of hydrogen-bond acceptors (Lipinski definition) is 2. The van der Waals surface area contributed by atoms with Crippen LogP contribution in [0.2, 0.25) is 0 Å². The lowest BCUT2D eigenvalue weighted by molar-refractivity contribution is -0.137. The van der Waals surface area contributed by atoms with Crippen molar-refractivity contribution < 1.29 is 26.0 Å². The Bertz CT molecular complexity index is 1060. The highest BCUT2D eigenvalue weighted by Gasteiger charge is 2.31. The van der Waals surface area contributed by atoms with Gasteiger partial charge in [0.15, 0.2) is 0 Å². The molecule has 0 radical (unpaired) electrons. The molecule has 8 heteroatoms. The van der Waals surface area contributed by atoms with Gasteiger partial charge in [0, 0.05) is 17.5 Å². The SMILES string of the molecule is O=S(=O)(NCc1cc(C(F)(F)F)ccc1F)c1cccc2ccccc12. The first-order valence-electron chi connectivity index (χ1n) is 7.51. The topological polar surface area (TPSA) is 46.2 Å². The third-order valence-corrected chi connectivity index (χ3v) is 5.32. The Balaban J connectivity index is 1.92. The van der Waals surface area contributed by atoms with E-state index in [1.807, 2.05) is 0 Å². The van der Waals surface area contributed by atoms with Gasteiger partial charge in [0.1, 0.15) is 5.82 Å². The first kappa shape index (κ1) is 18.3. The van der Waals surface area contributed by atoms with Gasteiger partial charge in [0.2, 0.25) is 10.0 Å². The average Bonchev–Trinajstić information content (AvgIpc) is 2.59. The summed E-state index contributed by atoms with van der Waals surface area (Å²) in [5.41, 5.74) is -1.43. The lowest BCUT2D eigenvalue weighted by Crippen LogP contribution is -2.24. The third kappa shape index (κ3) is 3.71. The molecule has 0 fully saturated rings. The number of sulfonamides is 1. The molecule has 0 spiro atoms. The molecule has 0 aliphatic heterocycles. The van der Waals surface area contributed by atoms with Crippen molar-refractivity contribution in [3.8, 4) is 0 Å². The first-order valence-corrected chi connectivity index (χ1v) is 9.00. The normalized spacial score (nSPS) is 12.5. The lowest BCUT2D eigenvalue weighted by Gasteiger charge is -2.12. The summed E-state index contributed by atoms with van der Waals surface area (Å²) in [5, 5.41) is 1.16. The van der Waals surface area contributed by atoms with Crippen LogP contribution in [0.3, 0.4) is 0 Å². The number of rotatable bonds is 4. The van der Waals surface area contributed by atoms with Crippen molar-refractivity contribution in [1.29, 1.82) is 0 Å². The fraction of sp³-hybridized carbons (Fsp3) is 0.111. The number of fused-ring (bicyclic) bond motifs is 1. The Morgan fingerprint density at radius 2 is 1.62 bits per heavy atom. The number of benzene rings is 3. The van der Waals surface area contributed by atoms with E-state index in [2.05, 4.69) is 4.72 Å². The van der Waals surface area contributed by atoms with Crippen molar-refractivity contribution in [2.75, 3.05) is 0 Å². The van der Waals surface area contributed by atoms with Crippen molar-refractivity contribution in [1.82, 2.24) is 4.72 Å². The fourth-order valence-electron chi connectivity index (χ4n) is 2.57. The molecule has 3 aromatic carbocycles. The Kier molecular flexibility index (Phi) is 4.72. The van der Waals surface area contributed by atoms with Gasteiger partial charge in [-0.25, -0.2) is 17.5 Å². The van der Waals surface area contributed by atoms with Crippen LogP contribution in [0.15, 0.2) is 65.6 Å². The van der Waals surface area contributed by atoms with Gasteiger partial charge in [0.05, 0.1) is 10.5 Å². The maximum Gasteiger partial charge on any atom is 0.416 e. The maximum atomic E-state index is 13.8. The Hall–Kier alpha value is -2.45. The Morgan fingerprint density at radius 3 is 2.35 bits per heavy atom. The van der Waals surface area contributed by atoms with Crippen LogP contribution < -0.4 is 4.72 Å². The van der Waals surface area contributed by atoms with Crippen LogP contribution in [-0.2, 0) is 22.7 Å². The van der Waals surface area contributed by atoms with E-state index < -0.39 is 34.1 Å². The van der Waals surface area contributed by atoms with Crippen molar-refractivity contribution >= 4 is 20.8 Å². The smallest absolute Gasteiger partial charge is 0.207 e. The monoisotopic (exact) mass is 383 g/mol. The molecule has 3 aromatic rings. The highest BCUT2D eigenvalue weighted by atomic mass is 32.2. The highest BCUT2D eigenvalue weighted by molar-refractivity contribution is 7.89. The van der Waals surface area contributed by atoms with Crippen molar-refractivity contribution in [3.05, 3.63) is 77.6 Å². The maximum absolute atomic E-state index is 13.8. The van der Waals surface area contributed by atoms with E-state index >= 15 is 0 Å². The molecule has 0 aliphatic rings. The molecule has 0 heterocycles. The summed E-state index contributed by atoms with van der Waals surface area (Å²) in [4.78, 5) is -0.0250. The molecule has 0 aliphatic carbocycles. The van der Waals surface area contributed by atoms with Gasteiger partial charge < -0.3 is 0 Å². The highest BCUT2D eigenvalue weighted by Crippen LogP contribution is 2.30. The summed E-state index contributed by atoms with van der Waals surface area (Å²) in [6, 6.07) is 13.3. The molecule has 0 atom stereocenters. The minimum atomic E-state index is -4.64. The zero-order valence-corrected chi connectivity index (χ0v) is 14.0. The molecule has 1 N–H and O–H groups in total. The van der Waals surface area contributed by atoms with Crippen LogP contribution in [-0.4, -0.2) is 8.42 Å². The second-order valence-corrected chi connectivity index (χ2v) is 7.34. The molecular weight excluding hydrogens is 370 g/mol. The zero-order valence-electron chi connectivity index (χ0n) is 13.2. The number of alkyl halides is 3. The number of hydrogen-bond donors (Lipinski definition) is 1. The standard InChI is InChI=1S/C18H13F4NO2S/c19-16-9-8-14(18(20,21)22)10-13(16)11-23-26(24,25)17-7-3-5-12-4-1-2-6-15(12)17/h1-10,23H,11H2. The van der Waals surface area contributed by atoms with E-state index in [4.69, 9.17) is 0 Å². The second-order valence-electron chi connectivity index (χ2n) is 5.61. The van der Waals surface area contributed by atoms with E-state index in [-0.39, 0.29) is 10.5 Å².